The highest BCUT2D eigenvalue weighted by atomic mass is 16.5. The zero-order valence-electron chi connectivity index (χ0n) is 16.0. The number of anilines is 1. The number of ether oxygens (including phenoxy) is 1. The van der Waals surface area contributed by atoms with Gasteiger partial charge in [0, 0.05) is 11.3 Å². The first-order valence-electron chi connectivity index (χ1n) is 9.37. The molecule has 0 saturated carbocycles. The number of benzene rings is 3. The van der Waals surface area contributed by atoms with E-state index in [0.717, 1.165) is 5.56 Å². The maximum Gasteiger partial charge on any atom is 0.442 e. The Morgan fingerprint density at radius 1 is 0.933 bits per heavy atom. The summed E-state index contributed by atoms with van der Waals surface area (Å²) < 4.78 is 11.7. The van der Waals surface area contributed by atoms with E-state index in [2.05, 4.69) is 10.5 Å². The molecule has 1 amide bonds. The molecule has 150 valence electrons. The number of hydrogen-bond acceptors (Lipinski definition) is 5. The quantitative estimate of drug-likeness (QED) is 0.510. The van der Waals surface area contributed by atoms with Gasteiger partial charge in [-0.15, -0.1) is 0 Å². The zero-order chi connectivity index (χ0) is 20.8. The molecule has 0 saturated heterocycles. The fraction of sp³-hybridized carbons (Fsp3) is 0.0870. The van der Waals surface area contributed by atoms with Crippen LogP contribution in [0.4, 0.5) is 5.69 Å². The van der Waals surface area contributed by atoms with Crippen molar-refractivity contribution in [2.75, 3.05) is 5.32 Å². The maximum absolute atomic E-state index is 12.4. The van der Waals surface area contributed by atoms with Crippen LogP contribution in [0.5, 0.6) is 5.75 Å². The zero-order valence-corrected chi connectivity index (χ0v) is 16.0. The van der Waals surface area contributed by atoms with Crippen molar-refractivity contribution in [1.29, 1.82) is 0 Å². The second-order valence-electron chi connectivity index (χ2n) is 6.57. The monoisotopic (exact) mass is 401 g/mol. The number of hydrogen-bond donors (Lipinski definition) is 1. The number of nitrogens with one attached hydrogen (secondary N) is 1. The fourth-order valence-corrected chi connectivity index (χ4v) is 2.92. The van der Waals surface area contributed by atoms with Crippen LogP contribution in [0.1, 0.15) is 5.56 Å². The van der Waals surface area contributed by atoms with Gasteiger partial charge in [0.05, 0.1) is 0 Å². The first-order chi connectivity index (χ1) is 14.7. The number of rotatable bonds is 7. The molecule has 0 unspecified atom stereocenters. The highest BCUT2D eigenvalue weighted by Gasteiger charge is 2.15. The van der Waals surface area contributed by atoms with Crippen LogP contribution in [-0.2, 0) is 17.9 Å². The predicted molar refractivity (Wildman–Crippen MR) is 112 cm³/mol. The molecule has 4 rings (SSSR count). The van der Waals surface area contributed by atoms with Crippen LogP contribution in [0.2, 0.25) is 0 Å². The molecule has 0 fully saturated rings. The van der Waals surface area contributed by atoms with Crippen LogP contribution in [0.25, 0.3) is 11.4 Å². The highest BCUT2D eigenvalue weighted by Crippen LogP contribution is 2.18. The summed E-state index contributed by atoms with van der Waals surface area (Å²) in [5, 5.41) is 6.55. The Bertz CT molecular complexity index is 1170. The topological polar surface area (TPSA) is 86.4 Å². The van der Waals surface area contributed by atoms with Crippen molar-refractivity contribution in [2.45, 2.75) is 13.2 Å². The van der Waals surface area contributed by atoms with Crippen LogP contribution in [0, 0.1) is 0 Å². The smallest absolute Gasteiger partial charge is 0.442 e. The van der Waals surface area contributed by atoms with Gasteiger partial charge in [-0.3, -0.25) is 9.32 Å². The average Bonchev–Trinajstić information content (AvgIpc) is 3.14. The van der Waals surface area contributed by atoms with E-state index in [1.54, 1.807) is 36.4 Å². The van der Waals surface area contributed by atoms with Crippen molar-refractivity contribution in [3.8, 4) is 17.1 Å². The Morgan fingerprint density at radius 2 is 1.60 bits per heavy atom. The molecule has 1 aromatic heterocycles. The summed E-state index contributed by atoms with van der Waals surface area (Å²) in [5.74, 6) is -0.0528. The molecule has 0 spiro atoms. The standard InChI is InChI=1S/C23H19N3O4/c27-21(15-26-22(25-30-23(26)28)18-9-5-2-6-10-18)24-19-11-13-20(14-12-19)29-16-17-7-3-1-4-8-17/h1-14H,15-16H2,(H,24,27). The van der Waals surface area contributed by atoms with Gasteiger partial charge in [0.2, 0.25) is 5.91 Å². The Balaban J connectivity index is 1.38. The van der Waals surface area contributed by atoms with Crippen LogP contribution in [-0.4, -0.2) is 15.6 Å². The molecule has 7 heteroatoms. The van der Waals surface area contributed by atoms with E-state index in [4.69, 9.17) is 9.26 Å². The van der Waals surface area contributed by atoms with Gasteiger partial charge in [0.25, 0.3) is 0 Å². The molecular formula is C23H19N3O4. The summed E-state index contributed by atoms with van der Waals surface area (Å²) in [6.45, 7) is 0.254. The number of nitrogens with zero attached hydrogens (tertiary/aromatic N) is 2. The first-order valence-corrected chi connectivity index (χ1v) is 9.37. The van der Waals surface area contributed by atoms with Crippen molar-refractivity contribution in [3.05, 3.63) is 101 Å². The van der Waals surface area contributed by atoms with Gasteiger partial charge < -0.3 is 10.1 Å². The Kier molecular flexibility index (Phi) is 5.70. The van der Waals surface area contributed by atoms with Gasteiger partial charge in [0.1, 0.15) is 18.9 Å². The molecule has 0 radical (unpaired) electrons. The van der Waals surface area contributed by atoms with Crippen LogP contribution in [0.3, 0.4) is 0 Å². The lowest BCUT2D eigenvalue weighted by Gasteiger charge is -2.09. The molecule has 1 N–H and O–H groups in total. The Labute approximate surface area is 172 Å². The molecule has 1 heterocycles. The molecule has 3 aromatic carbocycles. The normalized spacial score (nSPS) is 10.5. The summed E-state index contributed by atoms with van der Waals surface area (Å²) in [5.41, 5.74) is 2.36. The number of aromatic nitrogens is 2. The van der Waals surface area contributed by atoms with Crippen molar-refractivity contribution >= 4 is 11.6 Å². The molecule has 0 atom stereocenters. The average molecular weight is 401 g/mol. The van der Waals surface area contributed by atoms with E-state index in [0.29, 0.717) is 29.4 Å². The fourth-order valence-electron chi connectivity index (χ4n) is 2.92. The first kappa shape index (κ1) is 19.2. The van der Waals surface area contributed by atoms with E-state index in [1.807, 2.05) is 48.5 Å². The van der Waals surface area contributed by atoms with Crippen molar-refractivity contribution in [3.63, 3.8) is 0 Å². The second kappa shape index (κ2) is 8.91. The van der Waals surface area contributed by atoms with Crippen LogP contribution in [0.15, 0.2) is 94.2 Å². The highest BCUT2D eigenvalue weighted by molar-refractivity contribution is 5.90. The SMILES string of the molecule is O=C(Cn1c(-c2ccccc2)noc1=O)Nc1ccc(OCc2ccccc2)cc1. The van der Waals surface area contributed by atoms with Gasteiger partial charge >= 0.3 is 5.76 Å². The third-order valence-electron chi connectivity index (χ3n) is 4.41. The predicted octanol–water partition coefficient (Wildman–Crippen LogP) is 3.72. The summed E-state index contributed by atoms with van der Waals surface area (Å²) in [7, 11) is 0. The summed E-state index contributed by atoms with van der Waals surface area (Å²) in [6, 6.07) is 26.0. The third kappa shape index (κ3) is 4.64. The minimum absolute atomic E-state index is 0.210. The Hall–Kier alpha value is -4.13. The molecule has 30 heavy (non-hydrogen) atoms. The van der Waals surface area contributed by atoms with Crippen molar-refractivity contribution < 1.29 is 14.1 Å². The van der Waals surface area contributed by atoms with Crippen molar-refractivity contribution in [1.82, 2.24) is 9.72 Å². The van der Waals surface area contributed by atoms with Gasteiger partial charge in [-0.05, 0) is 29.8 Å². The summed E-state index contributed by atoms with van der Waals surface area (Å²) in [6.07, 6.45) is 0. The van der Waals surface area contributed by atoms with Crippen LogP contribution < -0.4 is 15.8 Å². The maximum atomic E-state index is 12.4. The van der Waals surface area contributed by atoms with E-state index in [9.17, 15) is 9.59 Å². The van der Waals surface area contributed by atoms with Crippen molar-refractivity contribution in [2.24, 2.45) is 0 Å². The Morgan fingerprint density at radius 3 is 2.30 bits per heavy atom. The molecule has 0 aliphatic carbocycles. The van der Waals surface area contributed by atoms with E-state index in [-0.39, 0.29) is 12.5 Å². The third-order valence-corrected chi connectivity index (χ3v) is 4.41. The number of carbonyl (C=O) groups is 1. The summed E-state index contributed by atoms with van der Waals surface area (Å²) >= 11 is 0. The lowest BCUT2D eigenvalue weighted by atomic mass is 10.2. The lowest BCUT2D eigenvalue weighted by Crippen LogP contribution is -2.25. The van der Waals surface area contributed by atoms with E-state index < -0.39 is 5.76 Å². The lowest BCUT2D eigenvalue weighted by molar-refractivity contribution is -0.116. The minimum atomic E-state index is -0.686. The largest absolute Gasteiger partial charge is 0.489 e. The molecule has 0 bridgehead atoms. The minimum Gasteiger partial charge on any atom is -0.489 e. The van der Waals surface area contributed by atoms with Gasteiger partial charge in [-0.25, -0.2) is 9.36 Å². The van der Waals surface area contributed by atoms with Gasteiger partial charge in [0.15, 0.2) is 5.82 Å². The van der Waals surface area contributed by atoms with E-state index in [1.165, 1.54) is 4.57 Å². The molecule has 0 aliphatic heterocycles. The molecule has 7 nitrogen and oxygen atoms in total. The van der Waals surface area contributed by atoms with Gasteiger partial charge in [-0.2, -0.15) is 0 Å². The summed E-state index contributed by atoms with van der Waals surface area (Å²) in [4.78, 5) is 24.4. The number of carbonyl (C=O) groups excluding carboxylic acids is 1. The van der Waals surface area contributed by atoms with E-state index >= 15 is 0 Å². The van der Waals surface area contributed by atoms with Crippen LogP contribution >= 0.6 is 0 Å². The van der Waals surface area contributed by atoms with Gasteiger partial charge in [-0.1, -0.05) is 65.8 Å². The molecular weight excluding hydrogens is 382 g/mol. The molecule has 0 aliphatic rings. The number of amides is 1. The second-order valence-corrected chi connectivity index (χ2v) is 6.57. The molecule has 4 aromatic rings.